The Hall–Kier alpha value is -2.90. The van der Waals surface area contributed by atoms with Crippen LogP contribution in [-0.4, -0.2) is 22.9 Å². The fourth-order valence-electron chi connectivity index (χ4n) is 1.77. The molecule has 0 fully saturated rings. The van der Waals surface area contributed by atoms with E-state index < -0.39 is 10.8 Å². The van der Waals surface area contributed by atoms with Gasteiger partial charge in [-0.05, 0) is 19.1 Å². The maximum Gasteiger partial charge on any atom is 0.288 e. The quantitative estimate of drug-likeness (QED) is 0.642. The molecular formula is C13H14N4O4. The highest BCUT2D eigenvalue weighted by atomic mass is 16.6. The van der Waals surface area contributed by atoms with Crippen LogP contribution in [0.3, 0.4) is 0 Å². The first-order chi connectivity index (χ1) is 10.0. The van der Waals surface area contributed by atoms with E-state index in [2.05, 4.69) is 15.6 Å². The Morgan fingerprint density at radius 2 is 2.24 bits per heavy atom. The number of nitrogens with one attached hydrogen (secondary N) is 2. The molecule has 2 heterocycles. The van der Waals surface area contributed by atoms with Crippen LogP contribution >= 0.6 is 0 Å². The average molecular weight is 290 g/mol. The molecule has 0 aliphatic heterocycles. The van der Waals surface area contributed by atoms with E-state index in [-0.39, 0.29) is 23.6 Å². The maximum atomic E-state index is 12.1. The molecule has 0 unspecified atom stereocenters. The van der Waals surface area contributed by atoms with E-state index in [1.807, 2.05) is 0 Å². The van der Waals surface area contributed by atoms with Crippen molar-refractivity contribution in [1.29, 1.82) is 0 Å². The highest BCUT2D eigenvalue weighted by Gasteiger charge is 2.17. The van der Waals surface area contributed by atoms with Gasteiger partial charge in [0, 0.05) is 13.1 Å². The lowest BCUT2D eigenvalue weighted by Crippen LogP contribution is -2.24. The van der Waals surface area contributed by atoms with Crippen molar-refractivity contribution in [2.75, 3.05) is 12.4 Å². The Bertz CT molecular complexity index is 681. The first-order valence-corrected chi connectivity index (χ1v) is 6.17. The molecular weight excluding hydrogens is 276 g/mol. The molecule has 0 aliphatic rings. The first kappa shape index (κ1) is 14.5. The van der Waals surface area contributed by atoms with Crippen molar-refractivity contribution in [2.45, 2.75) is 13.5 Å². The van der Waals surface area contributed by atoms with Gasteiger partial charge in [-0.25, -0.2) is 4.98 Å². The van der Waals surface area contributed by atoms with Crippen LogP contribution in [0.4, 0.5) is 11.5 Å². The normalized spacial score (nSPS) is 10.2. The number of furan rings is 1. The number of rotatable bonds is 5. The van der Waals surface area contributed by atoms with Crippen LogP contribution in [0.2, 0.25) is 0 Å². The number of hydrogen-bond donors (Lipinski definition) is 2. The van der Waals surface area contributed by atoms with E-state index in [4.69, 9.17) is 4.42 Å². The molecule has 2 N–H and O–H groups in total. The third kappa shape index (κ3) is 3.35. The van der Waals surface area contributed by atoms with Crippen molar-refractivity contribution in [2.24, 2.45) is 0 Å². The number of nitrogens with zero attached hydrogens (tertiary/aromatic N) is 2. The molecule has 1 amide bonds. The molecule has 2 aromatic rings. The summed E-state index contributed by atoms with van der Waals surface area (Å²) in [7, 11) is 1.58. The van der Waals surface area contributed by atoms with Gasteiger partial charge in [-0.1, -0.05) is 0 Å². The summed E-state index contributed by atoms with van der Waals surface area (Å²) in [6.07, 6.45) is 1.10. The van der Waals surface area contributed by atoms with E-state index in [1.54, 1.807) is 26.1 Å². The van der Waals surface area contributed by atoms with Crippen LogP contribution in [0.5, 0.6) is 0 Å². The molecule has 0 aromatic carbocycles. The number of carbonyl (C=O) groups excluding carboxylic acids is 1. The molecule has 0 saturated heterocycles. The van der Waals surface area contributed by atoms with Crippen molar-refractivity contribution in [3.8, 4) is 0 Å². The molecule has 2 aromatic heterocycles. The second-order valence-electron chi connectivity index (χ2n) is 4.29. The average Bonchev–Trinajstić information content (AvgIpc) is 2.89. The maximum absolute atomic E-state index is 12.1. The molecule has 0 aliphatic carbocycles. The molecule has 2 rings (SSSR count). The third-order valence-electron chi connectivity index (χ3n) is 2.78. The number of nitro groups is 1. The predicted molar refractivity (Wildman–Crippen MR) is 75.1 cm³/mol. The topological polar surface area (TPSA) is 110 Å². The molecule has 0 atom stereocenters. The standard InChI is InChI=1S/C13H14N4O4/c1-8-3-4-10(21-8)7-16-13(18)11-5-9(17(19)20)6-15-12(11)14-2/h3-6H,7H2,1-2H3,(H,14,15)(H,16,18). The minimum absolute atomic E-state index is 0.106. The van der Waals surface area contributed by atoms with Crippen molar-refractivity contribution in [1.82, 2.24) is 10.3 Å². The highest BCUT2D eigenvalue weighted by molar-refractivity contribution is 5.99. The summed E-state index contributed by atoms with van der Waals surface area (Å²) in [5, 5.41) is 16.1. The van der Waals surface area contributed by atoms with Gasteiger partial charge >= 0.3 is 0 Å². The predicted octanol–water partition coefficient (Wildman–Crippen LogP) is 1.86. The number of carbonyl (C=O) groups is 1. The fraction of sp³-hybridized carbons (Fsp3) is 0.231. The Balaban J connectivity index is 2.17. The van der Waals surface area contributed by atoms with Crippen LogP contribution in [0, 0.1) is 17.0 Å². The van der Waals surface area contributed by atoms with Gasteiger partial charge in [0.25, 0.3) is 11.6 Å². The zero-order chi connectivity index (χ0) is 15.4. The highest BCUT2D eigenvalue weighted by Crippen LogP contribution is 2.18. The zero-order valence-electron chi connectivity index (χ0n) is 11.5. The van der Waals surface area contributed by atoms with E-state index in [0.29, 0.717) is 5.76 Å². The largest absolute Gasteiger partial charge is 0.465 e. The third-order valence-corrected chi connectivity index (χ3v) is 2.78. The molecule has 8 nitrogen and oxygen atoms in total. The van der Waals surface area contributed by atoms with Gasteiger partial charge in [-0.2, -0.15) is 0 Å². The summed E-state index contributed by atoms with van der Waals surface area (Å²) in [4.78, 5) is 26.1. The number of amides is 1. The summed E-state index contributed by atoms with van der Waals surface area (Å²) < 4.78 is 5.33. The number of aryl methyl sites for hydroxylation is 1. The Morgan fingerprint density at radius 3 is 2.81 bits per heavy atom. The van der Waals surface area contributed by atoms with Crippen molar-refractivity contribution in [3.63, 3.8) is 0 Å². The van der Waals surface area contributed by atoms with E-state index in [0.717, 1.165) is 12.0 Å². The number of aromatic nitrogens is 1. The van der Waals surface area contributed by atoms with Crippen molar-refractivity contribution < 1.29 is 14.1 Å². The van der Waals surface area contributed by atoms with Crippen LogP contribution < -0.4 is 10.6 Å². The summed E-state index contributed by atoms with van der Waals surface area (Å²) >= 11 is 0. The lowest BCUT2D eigenvalue weighted by Gasteiger charge is -2.08. The van der Waals surface area contributed by atoms with Gasteiger partial charge in [0.1, 0.15) is 23.5 Å². The van der Waals surface area contributed by atoms with Crippen LogP contribution in [0.1, 0.15) is 21.9 Å². The lowest BCUT2D eigenvalue weighted by atomic mass is 10.2. The molecule has 0 bridgehead atoms. The first-order valence-electron chi connectivity index (χ1n) is 6.17. The van der Waals surface area contributed by atoms with E-state index in [1.165, 1.54) is 6.07 Å². The zero-order valence-corrected chi connectivity index (χ0v) is 11.5. The van der Waals surface area contributed by atoms with E-state index >= 15 is 0 Å². The van der Waals surface area contributed by atoms with E-state index in [9.17, 15) is 14.9 Å². The molecule has 110 valence electrons. The Kier molecular flexibility index (Phi) is 4.17. The smallest absolute Gasteiger partial charge is 0.288 e. The minimum atomic E-state index is -0.598. The molecule has 0 radical (unpaired) electrons. The number of hydrogen-bond acceptors (Lipinski definition) is 6. The monoisotopic (exact) mass is 290 g/mol. The minimum Gasteiger partial charge on any atom is -0.465 e. The second-order valence-corrected chi connectivity index (χ2v) is 4.29. The summed E-state index contributed by atoms with van der Waals surface area (Å²) in [5.74, 6) is 1.15. The van der Waals surface area contributed by atoms with Gasteiger partial charge in [0.2, 0.25) is 0 Å². The number of anilines is 1. The van der Waals surface area contributed by atoms with Crippen LogP contribution in [0.15, 0.2) is 28.8 Å². The summed E-state index contributed by atoms with van der Waals surface area (Å²) in [6, 6.07) is 4.72. The fourth-order valence-corrected chi connectivity index (χ4v) is 1.77. The van der Waals surface area contributed by atoms with Crippen molar-refractivity contribution in [3.05, 3.63) is 51.6 Å². The van der Waals surface area contributed by atoms with Gasteiger partial charge < -0.3 is 15.1 Å². The molecule has 0 spiro atoms. The second kappa shape index (κ2) is 6.04. The van der Waals surface area contributed by atoms with Crippen LogP contribution in [0.25, 0.3) is 0 Å². The van der Waals surface area contributed by atoms with Gasteiger partial charge in [0.15, 0.2) is 0 Å². The van der Waals surface area contributed by atoms with Crippen molar-refractivity contribution >= 4 is 17.4 Å². The Morgan fingerprint density at radius 1 is 1.48 bits per heavy atom. The summed E-state index contributed by atoms with van der Waals surface area (Å²) in [5.41, 5.74) is -0.136. The molecule has 0 saturated carbocycles. The molecule has 21 heavy (non-hydrogen) atoms. The van der Waals surface area contributed by atoms with Gasteiger partial charge in [-0.3, -0.25) is 14.9 Å². The van der Waals surface area contributed by atoms with Gasteiger partial charge in [0.05, 0.1) is 17.0 Å². The Labute approximate surface area is 120 Å². The van der Waals surface area contributed by atoms with Crippen LogP contribution in [-0.2, 0) is 6.54 Å². The SMILES string of the molecule is CNc1ncc([N+](=O)[O-])cc1C(=O)NCc1ccc(C)o1. The summed E-state index contributed by atoms with van der Waals surface area (Å²) in [6.45, 7) is 1.99. The molecule has 8 heteroatoms. The number of pyridine rings is 1. The van der Waals surface area contributed by atoms with Gasteiger partial charge in [-0.15, -0.1) is 0 Å². The lowest BCUT2D eigenvalue weighted by molar-refractivity contribution is -0.385.